The Morgan fingerprint density at radius 3 is 2.79 bits per heavy atom. The SMILES string of the molecule is CC[C@H](N)C(=O)N1CCCC1c1ccccc1C.Cl. The number of likely N-dealkylation sites (tertiary alicyclic amines) is 1. The van der Waals surface area contributed by atoms with Gasteiger partial charge in [0.2, 0.25) is 5.91 Å². The van der Waals surface area contributed by atoms with Crippen LogP contribution in [0.5, 0.6) is 0 Å². The van der Waals surface area contributed by atoms with Crippen LogP contribution in [-0.2, 0) is 4.79 Å². The van der Waals surface area contributed by atoms with E-state index in [2.05, 4.69) is 19.1 Å². The highest BCUT2D eigenvalue weighted by Crippen LogP contribution is 2.33. The van der Waals surface area contributed by atoms with E-state index < -0.39 is 0 Å². The van der Waals surface area contributed by atoms with E-state index in [0.717, 1.165) is 19.4 Å². The van der Waals surface area contributed by atoms with Crippen LogP contribution in [0.4, 0.5) is 0 Å². The summed E-state index contributed by atoms with van der Waals surface area (Å²) in [7, 11) is 0. The summed E-state index contributed by atoms with van der Waals surface area (Å²) in [5.41, 5.74) is 8.41. The van der Waals surface area contributed by atoms with Gasteiger partial charge in [-0.2, -0.15) is 0 Å². The van der Waals surface area contributed by atoms with Crippen molar-refractivity contribution in [1.29, 1.82) is 0 Å². The average Bonchev–Trinajstić information content (AvgIpc) is 2.86. The quantitative estimate of drug-likeness (QED) is 0.927. The number of hydrogen-bond donors (Lipinski definition) is 1. The summed E-state index contributed by atoms with van der Waals surface area (Å²) in [5, 5.41) is 0. The topological polar surface area (TPSA) is 46.3 Å². The first-order chi connectivity index (χ1) is 8.65. The summed E-state index contributed by atoms with van der Waals surface area (Å²) < 4.78 is 0. The molecule has 1 aliphatic rings. The zero-order valence-electron chi connectivity index (χ0n) is 11.6. The van der Waals surface area contributed by atoms with E-state index in [0.29, 0.717) is 6.42 Å². The predicted octanol–water partition coefficient (Wildman–Crippen LogP) is 2.82. The summed E-state index contributed by atoms with van der Waals surface area (Å²) in [4.78, 5) is 14.2. The van der Waals surface area contributed by atoms with Gasteiger partial charge in [-0.1, -0.05) is 31.2 Å². The van der Waals surface area contributed by atoms with Crippen LogP contribution in [0.15, 0.2) is 24.3 Å². The Hall–Kier alpha value is -1.06. The number of nitrogens with zero attached hydrogens (tertiary/aromatic N) is 1. The van der Waals surface area contributed by atoms with Crippen LogP contribution < -0.4 is 5.73 Å². The molecule has 2 atom stereocenters. The van der Waals surface area contributed by atoms with Gasteiger partial charge in [0.05, 0.1) is 12.1 Å². The zero-order chi connectivity index (χ0) is 13.1. The molecule has 2 rings (SSSR count). The lowest BCUT2D eigenvalue weighted by molar-refractivity contribution is -0.133. The van der Waals surface area contributed by atoms with Gasteiger partial charge in [-0.15, -0.1) is 12.4 Å². The van der Waals surface area contributed by atoms with Crippen LogP contribution in [0.3, 0.4) is 0 Å². The van der Waals surface area contributed by atoms with Gasteiger partial charge in [-0.3, -0.25) is 4.79 Å². The maximum atomic E-state index is 12.3. The molecule has 106 valence electrons. The van der Waals surface area contributed by atoms with Gasteiger partial charge in [0.25, 0.3) is 0 Å². The largest absolute Gasteiger partial charge is 0.334 e. The van der Waals surface area contributed by atoms with Crippen molar-refractivity contribution in [2.75, 3.05) is 6.54 Å². The van der Waals surface area contributed by atoms with Gasteiger partial charge in [-0.25, -0.2) is 0 Å². The van der Waals surface area contributed by atoms with E-state index in [9.17, 15) is 4.79 Å². The first kappa shape index (κ1) is 16.0. The summed E-state index contributed by atoms with van der Waals surface area (Å²) in [6, 6.07) is 8.19. The van der Waals surface area contributed by atoms with Crippen molar-refractivity contribution in [3.63, 3.8) is 0 Å². The summed E-state index contributed by atoms with van der Waals surface area (Å²) in [5.74, 6) is 0.100. The first-order valence-electron chi connectivity index (χ1n) is 6.76. The third kappa shape index (κ3) is 3.28. The van der Waals surface area contributed by atoms with Crippen LogP contribution in [-0.4, -0.2) is 23.4 Å². The van der Waals surface area contributed by atoms with Crippen LogP contribution in [0, 0.1) is 6.92 Å². The Labute approximate surface area is 121 Å². The minimum Gasteiger partial charge on any atom is -0.334 e. The van der Waals surface area contributed by atoms with E-state index >= 15 is 0 Å². The molecule has 4 heteroatoms. The molecule has 1 fully saturated rings. The van der Waals surface area contributed by atoms with Crippen LogP contribution in [0.2, 0.25) is 0 Å². The van der Waals surface area contributed by atoms with Crippen LogP contribution in [0.25, 0.3) is 0 Å². The lowest BCUT2D eigenvalue weighted by Crippen LogP contribution is -2.43. The number of benzene rings is 1. The van der Waals surface area contributed by atoms with Crippen molar-refractivity contribution in [1.82, 2.24) is 4.90 Å². The molecule has 3 nitrogen and oxygen atoms in total. The van der Waals surface area contributed by atoms with Gasteiger partial charge in [0.15, 0.2) is 0 Å². The van der Waals surface area contributed by atoms with Gasteiger partial charge in [0, 0.05) is 6.54 Å². The minimum atomic E-state index is -0.352. The molecule has 0 aliphatic carbocycles. The Kier molecular flexibility index (Phi) is 5.83. The fourth-order valence-electron chi connectivity index (χ4n) is 2.70. The van der Waals surface area contributed by atoms with Crippen molar-refractivity contribution in [3.05, 3.63) is 35.4 Å². The Morgan fingerprint density at radius 1 is 1.47 bits per heavy atom. The Bertz CT molecular complexity index is 436. The van der Waals surface area contributed by atoms with Crippen molar-refractivity contribution in [3.8, 4) is 0 Å². The molecule has 2 N–H and O–H groups in total. The third-order valence-corrected chi connectivity index (χ3v) is 3.84. The Balaban J connectivity index is 0.00000180. The smallest absolute Gasteiger partial charge is 0.239 e. The van der Waals surface area contributed by atoms with E-state index in [1.165, 1.54) is 11.1 Å². The van der Waals surface area contributed by atoms with Crippen LogP contribution >= 0.6 is 12.4 Å². The highest BCUT2D eigenvalue weighted by atomic mass is 35.5. The summed E-state index contributed by atoms with van der Waals surface area (Å²) in [6.07, 6.45) is 2.82. The summed E-state index contributed by atoms with van der Waals surface area (Å²) >= 11 is 0. The van der Waals surface area contributed by atoms with Gasteiger partial charge >= 0.3 is 0 Å². The number of amides is 1. The molecule has 0 aromatic heterocycles. The van der Waals surface area contributed by atoms with Gasteiger partial charge < -0.3 is 10.6 Å². The number of aryl methyl sites for hydroxylation is 1. The number of halogens is 1. The first-order valence-corrected chi connectivity index (χ1v) is 6.76. The van der Waals surface area contributed by atoms with Crippen LogP contribution in [0.1, 0.15) is 43.4 Å². The normalized spacial score (nSPS) is 19.9. The number of rotatable bonds is 3. The lowest BCUT2D eigenvalue weighted by Gasteiger charge is -2.28. The number of nitrogens with two attached hydrogens (primary N) is 1. The fourth-order valence-corrected chi connectivity index (χ4v) is 2.70. The molecule has 1 heterocycles. The molecule has 1 aromatic carbocycles. The Morgan fingerprint density at radius 2 is 2.16 bits per heavy atom. The lowest BCUT2D eigenvalue weighted by atomic mass is 9.99. The van der Waals surface area contributed by atoms with Crippen molar-refractivity contribution < 1.29 is 4.79 Å². The molecule has 19 heavy (non-hydrogen) atoms. The highest BCUT2D eigenvalue weighted by Gasteiger charge is 2.32. The molecule has 0 radical (unpaired) electrons. The maximum absolute atomic E-state index is 12.3. The molecule has 0 spiro atoms. The molecule has 0 saturated carbocycles. The van der Waals surface area contributed by atoms with E-state index in [4.69, 9.17) is 5.73 Å². The third-order valence-electron chi connectivity index (χ3n) is 3.84. The predicted molar refractivity (Wildman–Crippen MR) is 80.4 cm³/mol. The van der Waals surface area contributed by atoms with E-state index in [1.807, 2.05) is 24.0 Å². The fraction of sp³-hybridized carbons (Fsp3) is 0.533. The molecular formula is C15H23ClN2O. The van der Waals surface area contributed by atoms with E-state index in [-0.39, 0.29) is 30.4 Å². The second-order valence-electron chi connectivity index (χ2n) is 5.06. The zero-order valence-corrected chi connectivity index (χ0v) is 12.5. The van der Waals surface area contributed by atoms with E-state index in [1.54, 1.807) is 0 Å². The number of hydrogen-bond acceptors (Lipinski definition) is 2. The minimum absolute atomic E-state index is 0. The molecule has 1 saturated heterocycles. The van der Waals surface area contributed by atoms with Crippen molar-refractivity contribution in [2.45, 2.75) is 45.2 Å². The number of carbonyl (C=O) groups excluding carboxylic acids is 1. The second-order valence-corrected chi connectivity index (χ2v) is 5.06. The second kappa shape index (κ2) is 6.92. The van der Waals surface area contributed by atoms with Gasteiger partial charge in [0.1, 0.15) is 0 Å². The molecule has 1 amide bonds. The average molecular weight is 283 g/mol. The molecule has 0 bridgehead atoms. The molecule has 1 aliphatic heterocycles. The standard InChI is InChI=1S/C15H22N2O.ClH/c1-3-13(16)15(18)17-10-6-9-14(17)12-8-5-4-7-11(12)2;/h4-5,7-8,13-14H,3,6,9-10,16H2,1-2H3;1H/t13-,14?;/m0./s1. The van der Waals surface area contributed by atoms with Crippen molar-refractivity contribution in [2.24, 2.45) is 5.73 Å². The van der Waals surface area contributed by atoms with Crippen molar-refractivity contribution >= 4 is 18.3 Å². The summed E-state index contributed by atoms with van der Waals surface area (Å²) in [6.45, 7) is 4.91. The molecular weight excluding hydrogens is 260 g/mol. The number of carbonyl (C=O) groups is 1. The highest BCUT2D eigenvalue weighted by molar-refractivity contribution is 5.85. The maximum Gasteiger partial charge on any atom is 0.239 e. The molecule has 1 unspecified atom stereocenters. The monoisotopic (exact) mass is 282 g/mol. The molecule has 1 aromatic rings. The van der Waals surface area contributed by atoms with Gasteiger partial charge in [-0.05, 0) is 37.3 Å².